The normalized spacial score (nSPS) is 15.2. The average Bonchev–Trinajstić information content (AvgIpc) is 3.14. The zero-order valence-electron chi connectivity index (χ0n) is 18.3. The van der Waals surface area contributed by atoms with Crippen LogP contribution in [0.3, 0.4) is 0 Å². The number of rotatable bonds is 10. The molecule has 32 heavy (non-hydrogen) atoms. The number of halogens is 2. The van der Waals surface area contributed by atoms with Crippen molar-refractivity contribution in [3.63, 3.8) is 0 Å². The van der Waals surface area contributed by atoms with Crippen molar-refractivity contribution in [2.45, 2.75) is 44.8 Å². The molecular formula is C25H29Cl2NO4. The van der Waals surface area contributed by atoms with E-state index in [9.17, 15) is 9.90 Å². The van der Waals surface area contributed by atoms with Crippen molar-refractivity contribution < 1.29 is 19.7 Å². The fourth-order valence-electron chi connectivity index (χ4n) is 4.18. The molecule has 2 aromatic rings. The lowest BCUT2D eigenvalue weighted by Crippen LogP contribution is -2.46. The first-order valence-corrected chi connectivity index (χ1v) is 11.4. The number of hydrogen-bond donors (Lipinski definition) is 3. The number of aliphatic hydroxyl groups excluding tert-OH is 1. The molecular weight excluding hydrogens is 449 g/mol. The fraction of sp³-hybridized carbons (Fsp3) is 0.400. The second-order valence-electron chi connectivity index (χ2n) is 8.93. The molecule has 0 amide bonds. The summed E-state index contributed by atoms with van der Waals surface area (Å²) in [4.78, 5) is 10.7. The lowest BCUT2D eigenvalue weighted by Gasteiger charge is -2.30. The van der Waals surface area contributed by atoms with Gasteiger partial charge in [0.05, 0.1) is 5.02 Å². The number of carbonyl (C=O) groups is 1. The van der Waals surface area contributed by atoms with Gasteiger partial charge in [-0.3, -0.25) is 0 Å². The predicted molar refractivity (Wildman–Crippen MR) is 129 cm³/mol. The van der Waals surface area contributed by atoms with Crippen LogP contribution in [0.25, 0.3) is 6.08 Å². The first-order chi connectivity index (χ1) is 15.1. The molecule has 3 N–H and O–H groups in total. The zero-order chi connectivity index (χ0) is 23.3. The zero-order valence-corrected chi connectivity index (χ0v) is 19.8. The van der Waals surface area contributed by atoms with Gasteiger partial charge in [0.25, 0.3) is 0 Å². The molecule has 0 spiro atoms. The quantitative estimate of drug-likeness (QED) is 0.419. The van der Waals surface area contributed by atoms with Crippen molar-refractivity contribution in [3.8, 4) is 5.75 Å². The maximum Gasteiger partial charge on any atom is 0.328 e. The van der Waals surface area contributed by atoms with Gasteiger partial charge in [-0.2, -0.15) is 0 Å². The molecule has 1 atom stereocenters. The molecule has 0 aromatic heterocycles. The van der Waals surface area contributed by atoms with Crippen LogP contribution in [-0.2, 0) is 17.6 Å². The van der Waals surface area contributed by atoms with Crippen molar-refractivity contribution in [1.29, 1.82) is 0 Å². The summed E-state index contributed by atoms with van der Waals surface area (Å²) >= 11 is 12.4. The van der Waals surface area contributed by atoms with Gasteiger partial charge in [0.15, 0.2) is 0 Å². The monoisotopic (exact) mass is 477 g/mol. The summed E-state index contributed by atoms with van der Waals surface area (Å²) in [5.41, 5.74) is 3.25. The maximum atomic E-state index is 10.7. The van der Waals surface area contributed by atoms with Crippen molar-refractivity contribution in [1.82, 2.24) is 5.32 Å². The summed E-state index contributed by atoms with van der Waals surface area (Å²) < 4.78 is 5.65. The molecule has 0 aliphatic heterocycles. The first kappa shape index (κ1) is 24.6. The summed E-state index contributed by atoms with van der Waals surface area (Å²) in [6.07, 6.45) is 4.84. The van der Waals surface area contributed by atoms with E-state index in [0.717, 1.165) is 25.3 Å². The van der Waals surface area contributed by atoms with Gasteiger partial charge in [-0.25, -0.2) is 4.79 Å². The van der Waals surface area contributed by atoms with E-state index in [1.807, 2.05) is 0 Å². The highest BCUT2D eigenvalue weighted by Gasteiger charge is 2.28. The molecule has 1 aliphatic rings. The minimum atomic E-state index is -1.08. The van der Waals surface area contributed by atoms with Crippen molar-refractivity contribution in [3.05, 3.63) is 69.2 Å². The Bertz CT molecular complexity index is 965. The van der Waals surface area contributed by atoms with Crippen LogP contribution in [0.4, 0.5) is 0 Å². The minimum absolute atomic E-state index is 0.0539. The van der Waals surface area contributed by atoms with E-state index in [0.29, 0.717) is 23.8 Å². The molecule has 0 bridgehead atoms. The van der Waals surface area contributed by atoms with Gasteiger partial charge in [-0.15, -0.1) is 0 Å². The number of hydrogen-bond acceptors (Lipinski definition) is 4. The first-order valence-electron chi connectivity index (χ1n) is 10.7. The summed E-state index contributed by atoms with van der Waals surface area (Å²) in [5.74, 6) is -0.141. The molecule has 3 rings (SSSR count). The van der Waals surface area contributed by atoms with E-state index in [-0.39, 0.29) is 22.2 Å². The number of β-amino-alcohol motifs (C(OH)–C–C–N with tert-alkyl or cyclic N) is 1. The Morgan fingerprint density at radius 1 is 1.19 bits per heavy atom. The van der Waals surface area contributed by atoms with E-state index in [1.54, 1.807) is 12.1 Å². The van der Waals surface area contributed by atoms with Gasteiger partial charge in [0.2, 0.25) is 0 Å². The number of ether oxygens (including phenoxy) is 1. The predicted octanol–water partition coefficient (Wildman–Crippen LogP) is 5.00. The van der Waals surface area contributed by atoms with Crippen LogP contribution in [0, 0.1) is 5.92 Å². The van der Waals surface area contributed by atoms with Crippen molar-refractivity contribution >= 4 is 35.2 Å². The van der Waals surface area contributed by atoms with Crippen molar-refractivity contribution in [2.75, 3.05) is 13.2 Å². The molecule has 0 fully saturated rings. The summed E-state index contributed by atoms with van der Waals surface area (Å²) in [7, 11) is 0. The molecule has 2 aromatic carbocycles. The smallest absolute Gasteiger partial charge is 0.328 e. The van der Waals surface area contributed by atoms with Gasteiger partial charge in [-0.05, 0) is 73.9 Å². The van der Waals surface area contributed by atoms with Gasteiger partial charge >= 0.3 is 5.97 Å². The fourth-order valence-corrected chi connectivity index (χ4v) is 4.62. The largest absolute Gasteiger partial charge is 0.489 e. The minimum Gasteiger partial charge on any atom is -0.489 e. The average molecular weight is 478 g/mol. The second-order valence-corrected chi connectivity index (χ2v) is 9.69. The second kappa shape index (κ2) is 10.7. The molecule has 0 heterocycles. The van der Waals surface area contributed by atoms with Crippen LogP contribution in [-0.4, -0.2) is 41.0 Å². The van der Waals surface area contributed by atoms with Gasteiger partial charge in [-0.1, -0.05) is 47.5 Å². The highest BCUT2D eigenvalue weighted by Crippen LogP contribution is 2.35. The molecule has 0 saturated heterocycles. The standard InChI is InChI=1S/C25H29Cl2NO4/c1-25(2,13-16-11-18-5-3-4-6-19(18)12-16)28-14-20(29)15-32-21-9-7-17(8-10-22(30)31)23(26)24(21)27/h3-10,16,20,28-29H,11-15H2,1-2H3,(H,30,31). The summed E-state index contributed by atoms with van der Waals surface area (Å²) in [6, 6.07) is 11.8. The van der Waals surface area contributed by atoms with E-state index in [1.165, 1.54) is 17.2 Å². The number of nitrogens with one attached hydrogen (secondary N) is 1. The van der Waals surface area contributed by atoms with E-state index < -0.39 is 12.1 Å². The number of carboxylic acid groups (broad SMARTS) is 1. The third-order valence-electron chi connectivity index (χ3n) is 5.66. The lowest BCUT2D eigenvalue weighted by molar-refractivity contribution is -0.131. The van der Waals surface area contributed by atoms with E-state index >= 15 is 0 Å². The number of aliphatic hydroxyl groups is 1. The number of fused-ring (bicyclic) bond motifs is 1. The Morgan fingerprint density at radius 2 is 1.84 bits per heavy atom. The maximum absolute atomic E-state index is 10.7. The Labute approximate surface area is 199 Å². The SMILES string of the molecule is CC(C)(CC1Cc2ccccc2C1)NCC(O)COc1ccc(C=CC(=O)O)c(Cl)c1Cl. The van der Waals surface area contributed by atoms with Gasteiger partial charge in [0.1, 0.15) is 23.5 Å². The molecule has 1 unspecified atom stereocenters. The van der Waals surface area contributed by atoms with E-state index in [2.05, 4.69) is 43.4 Å². The van der Waals surface area contributed by atoms with E-state index in [4.69, 9.17) is 33.0 Å². The number of aliphatic carboxylic acids is 1. The van der Waals surface area contributed by atoms with Crippen LogP contribution in [0.1, 0.15) is 37.0 Å². The topological polar surface area (TPSA) is 78.8 Å². The third-order valence-corrected chi connectivity index (χ3v) is 6.54. The Kier molecular flexibility index (Phi) is 8.23. The Balaban J connectivity index is 1.47. The Morgan fingerprint density at radius 3 is 2.47 bits per heavy atom. The highest BCUT2D eigenvalue weighted by atomic mass is 35.5. The van der Waals surface area contributed by atoms with Crippen molar-refractivity contribution in [2.24, 2.45) is 5.92 Å². The molecule has 7 heteroatoms. The molecule has 1 aliphatic carbocycles. The van der Waals surface area contributed by atoms with Crippen LogP contribution in [0.5, 0.6) is 5.75 Å². The Hall–Kier alpha value is -2.05. The van der Waals surface area contributed by atoms with Gasteiger partial charge < -0.3 is 20.3 Å². The van der Waals surface area contributed by atoms with Gasteiger partial charge in [0, 0.05) is 18.2 Å². The molecule has 0 radical (unpaired) electrons. The van der Waals surface area contributed by atoms with Crippen LogP contribution >= 0.6 is 23.2 Å². The molecule has 172 valence electrons. The lowest BCUT2D eigenvalue weighted by atomic mass is 9.88. The van der Waals surface area contributed by atoms with Crippen LogP contribution < -0.4 is 10.1 Å². The van der Waals surface area contributed by atoms with Crippen LogP contribution in [0.2, 0.25) is 10.0 Å². The number of carboxylic acids is 1. The summed E-state index contributed by atoms with van der Waals surface area (Å²) in [6.45, 7) is 4.75. The highest BCUT2D eigenvalue weighted by molar-refractivity contribution is 6.43. The molecule has 5 nitrogen and oxygen atoms in total. The molecule has 0 saturated carbocycles. The van der Waals surface area contributed by atoms with Crippen LogP contribution in [0.15, 0.2) is 42.5 Å². The number of benzene rings is 2. The summed E-state index contributed by atoms with van der Waals surface area (Å²) in [5, 5.41) is 23.0. The third kappa shape index (κ3) is 6.72.